The SMILES string of the molecule is CCCCCCCCCCCCCCCCCC1OCC(C[n+]2ccsc2)S1. The summed E-state index contributed by atoms with van der Waals surface area (Å²) >= 11 is 3.83. The molecule has 1 saturated heterocycles. The van der Waals surface area contributed by atoms with Crippen molar-refractivity contribution < 1.29 is 9.30 Å². The summed E-state index contributed by atoms with van der Waals surface area (Å²) < 4.78 is 8.28. The number of thiazole rings is 1. The molecule has 0 spiro atoms. The maximum atomic E-state index is 5.99. The smallest absolute Gasteiger partial charge is 0.224 e. The van der Waals surface area contributed by atoms with E-state index in [0.29, 0.717) is 10.7 Å². The number of unbranched alkanes of at least 4 members (excludes halogenated alkanes) is 14. The molecule has 0 radical (unpaired) electrons. The Kier molecular flexibility index (Phi) is 14.4. The van der Waals surface area contributed by atoms with Crippen LogP contribution in [0.1, 0.15) is 110 Å². The minimum Gasteiger partial charge on any atom is -0.366 e. The quantitative estimate of drug-likeness (QED) is 0.176. The van der Waals surface area contributed by atoms with Crippen LogP contribution in [-0.4, -0.2) is 17.3 Å². The number of hydrogen-bond donors (Lipinski definition) is 0. The first kappa shape index (κ1) is 24.2. The van der Waals surface area contributed by atoms with E-state index in [1.165, 1.54) is 103 Å². The van der Waals surface area contributed by atoms with E-state index in [1.807, 2.05) is 0 Å². The third-order valence-corrected chi connectivity index (χ3v) is 7.81. The van der Waals surface area contributed by atoms with E-state index < -0.39 is 0 Å². The van der Waals surface area contributed by atoms with E-state index in [4.69, 9.17) is 4.74 Å². The maximum absolute atomic E-state index is 5.99. The van der Waals surface area contributed by atoms with Crippen LogP contribution >= 0.6 is 23.1 Å². The third kappa shape index (κ3) is 11.8. The highest BCUT2D eigenvalue weighted by atomic mass is 32.2. The summed E-state index contributed by atoms with van der Waals surface area (Å²) in [5.74, 6) is 0. The van der Waals surface area contributed by atoms with Gasteiger partial charge in [0.05, 0.1) is 17.2 Å². The second kappa shape index (κ2) is 16.7. The van der Waals surface area contributed by atoms with Crippen molar-refractivity contribution in [2.24, 2.45) is 0 Å². The normalized spacial score (nSPS) is 19.5. The molecule has 2 heterocycles. The van der Waals surface area contributed by atoms with Gasteiger partial charge >= 0.3 is 0 Å². The molecule has 2 rings (SSSR count). The predicted octanol–water partition coefficient (Wildman–Crippen LogP) is 7.76. The molecule has 1 fully saturated rings. The zero-order valence-corrected chi connectivity index (χ0v) is 19.9. The van der Waals surface area contributed by atoms with E-state index in [9.17, 15) is 0 Å². The van der Waals surface area contributed by atoms with Gasteiger partial charge in [-0.25, -0.2) is 0 Å². The number of thioether (sulfide) groups is 1. The maximum Gasteiger partial charge on any atom is 0.224 e. The Balaban J connectivity index is 1.29. The number of hydrogen-bond acceptors (Lipinski definition) is 3. The molecular formula is C24H44NOS2+. The van der Waals surface area contributed by atoms with Crippen molar-refractivity contribution in [2.75, 3.05) is 6.61 Å². The molecular weight excluding hydrogens is 382 g/mol. The van der Waals surface area contributed by atoms with Gasteiger partial charge in [0.2, 0.25) is 5.51 Å². The van der Waals surface area contributed by atoms with Crippen LogP contribution in [0.4, 0.5) is 0 Å². The first-order valence-corrected chi connectivity index (χ1v) is 14.0. The van der Waals surface area contributed by atoms with Gasteiger partial charge in [-0.15, -0.1) is 11.8 Å². The lowest BCUT2D eigenvalue weighted by Crippen LogP contribution is -2.36. The van der Waals surface area contributed by atoms with Crippen molar-refractivity contribution in [3.8, 4) is 0 Å². The average Bonchev–Trinajstić information content (AvgIpc) is 3.37. The first-order valence-electron chi connectivity index (χ1n) is 12.1. The highest BCUT2D eigenvalue weighted by Gasteiger charge is 2.28. The molecule has 4 heteroatoms. The summed E-state index contributed by atoms with van der Waals surface area (Å²) in [6.07, 6.45) is 25.0. The molecule has 28 heavy (non-hydrogen) atoms. The molecule has 1 aliphatic rings. The highest BCUT2D eigenvalue weighted by Crippen LogP contribution is 2.31. The molecule has 1 aromatic heterocycles. The third-order valence-electron chi connectivity index (χ3n) is 5.80. The fraction of sp³-hybridized carbons (Fsp3) is 0.875. The summed E-state index contributed by atoms with van der Waals surface area (Å²) in [6.45, 7) is 4.32. The lowest BCUT2D eigenvalue weighted by molar-refractivity contribution is -0.691. The van der Waals surface area contributed by atoms with Crippen LogP contribution in [0.5, 0.6) is 0 Å². The van der Waals surface area contributed by atoms with E-state index in [2.05, 4.69) is 40.3 Å². The van der Waals surface area contributed by atoms with E-state index in [1.54, 1.807) is 11.3 Å². The predicted molar refractivity (Wildman–Crippen MR) is 125 cm³/mol. The van der Waals surface area contributed by atoms with E-state index in [-0.39, 0.29) is 0 Å². The number of ether oxygens (including phenoxy) is 1. The molecule has 0 saturated carbocycles. The molecule has 162 valence electrons. The van der Waals surface area contributed by atoms with Crippen LogP contribution in [0.25, 0.3) is 0 Å². The zero-order valence-electron chi connectivity index (χ0n) is 18.3. The Morgan fingerprint density at radius 1 is 0.821 bits per heavy atom. The molecule has 0 N–H and O–H groups in total. The zero-order chi connectivity index (χ0) is 19.7. The topological polar surface area (TPSA) is 13.1 Å². The number of aromatic nitrogens is 1. The van der Waals surface area contributed by atoms with Crippen LogP contribution in [0.3, 0.4) is 0 Å². The molecule has 2 atom stereocenters. The molecule has 0 aromatic carbocycles. The van der Waals surface area contributed by atoms with E-state index in [0.717, 1.165) is 13.2 Å². The molecule has 0 aliphatic carbocycles. The van der Waals surface area contributed by atoms with Gasteiger partial charge in [-0.2, -0.15) is 4.57 Å². The molecule has 0 amide bonds. The van der Waals surface area contributed by atoms with Gasteiger partial charge in [-0.05, 0) is 12.8 Å². The van der Waals surface area contributed by atoms with Crippen LogP contribution in [0.15, 0.2) is 17.1 Å². The Labute approximate surface area is 182 Å². The van der Waals surface area contributed by atoms with Crippen LogP contribution < -0.4 is 4.57 Å². The van der Waals surface area contributed by atoms with Gasteiger partial charge < -0.3 is 4.74 Å². The van der Waals surface area contributed by atoms with Gasteiger partial charge in [0.25, 0.3) is 0 Å². The van der Waals surface area contributed by atoms with Crippen molar-refractivity contribution >= 4 is 23.1 Å². The van der Waals surface area contributed by atoms with Crippen molar-refractivity contribution in [3.63, 3.8) is 0 Å². The summed E-state index contributed by atoms with van der Waals surface area (Å²) in [5, 5.41) is 2.79. The standard InChI is InChI=1S/C24H44NOS2/c1-2-3-4-5-6-7-8-9-10-11-12-13-14-15-16-17-24-26-21-23(28-24)20-25-18-19-27-22-25/h18-19,22-24H,2-17,20-21H2,1H3/q+1. The second-order valence-corrected chi connectivity index (χ2v) is 10.7. The van der Waals surface area contributed by atoms with Gasteiger partial charge in [0.15, 0.2) is 12.7 Å². The second-order valence-electron chi connectivity index (χ2n) is 8.48. The van der Waals surface area contributed by atoms with Crippen LogP contribution in [-0.2, 0) is 11.3 Å². The largest absolute Gasteiger partial charge is 0.366 e. The minimum atomic E-state index is 0.450. The van der Waals surface area contributed by atoms with Gasteiger partial charge in [0, 0.05) is 0 Å². The van der Waals surface area contributed by atoms with Crippen LogP contribution in [0.2, 0.25) is 0 Å². The number of nitrogens with zero attached hydrogens (tertiary/aromatic N) is 1. The van der Waals surface area contributed by atoms with Crippen molar-refractivity contribution in [3.05, 3.63) is 17.1 Å². The fourth-order valence-electron chi connectivity index (χ4n) is 4.04. The summed E-state index contributed by atoms with van der Waals surface area (Å²) in [4.78, 5) is 0. The molecule has 2 nitrogen and oxygen atoms in total. The Morgan fingerprint density at radius 3 is 1.93 bits per heavy atom. The molecule has 2 unspecified atom stereocenters. The average molecular weight is 427 g/mol. The van der Waals surface area contributed by atoms with Gasteiger partial charge in [-0.1, -0.05) is 108 Å². The monoisotopic (exact) mass is 426 g/mol. The lowest BCUT2D eigenvalue weighted by Gasteiger charge is -2.08. The molecule has 1 aromatic rings. The van der Waals surface area contributed by atoms with Gasteiger partial charge in [-0.3, -0.25) is 0 Å². The van der Waals surface area contributed by atoms with Crippen LogP contribution in [0, 0.1) is 0 Å². The van der Waals surface area contributed by atoms with Crippen molar-refractivity contribution in [1.82, 2.24) is 0 Å². The Bertz CT molecular complexity index is 451. The lowest BCUT2D eigenvalue weighted by atomic mass is 10.0. The summed E-state index contributed by atoms with van der Waals surface area (Å²) in [7, 11) is 0. The summed E-state index contributed by atoms with van der Waals surface area (Å²) in [5.41, 5.74) is 2.65. The molecule has 1 aliphatic heterocycles. The minimum absolute atomic E-state index is 0.450. The fourth-order valence-corrected chi connectivity index (χ4v) is 5.95. The Morgan fingerprint density at radius 2 is 1.39 bits per heavy atom. The Hall–Kier alpha value is -0.0600. The highest BCUT2D eigenvalue weighted by molar-refractivity contribution is 8.00. The van der Waals surface area contributed by atoms with Gasteiger partial charge in [0.1, 0.15) is 5.44 Å². The first-order chi connectivity index (χ1) is 13.9. The molecule has 0 bridgehead atoms. The van der Waals surface area contributed by atoms with Crippen molar-refractivity contribution in [1.29, 1.82) is 0 Å². The summed E-state index contributed by atoms with van der Waals surface area (Å²) in [6, 6.07) is 0. The number of rotatable bonds is 18. The van der Waals surface area contributed by atoms with E-state index >= 15 is 0 Å². The van der Waals surface area contributed by atoms with Crippen molar-refractivity contribution in [2.45, 2.75) is 127 Å².